The van der Waals surface area contributed by atoms with Gasteiger partial charge in [0.25, 0.3) is 10.2 Å². The van der Waals surface area contributed by atoms with Crippen LogP contribution < -0.4 is 15.2 Å². The largest absolute Gasteiger partial charge is 0.409 e. The van der Waals surface area contributed by atoms with Gasteiger partial charge in [-0.1, -0.05) is 11.2 Å². The molecule has 0 saturated heterocycles. The van der Waals surface area contributed by atoms with Crippen molar-refractivity contribution in [2.75, 3.05) is 4.72 Å². The third kappa shape index (κ3) is 4.35. The minimum Gasteiger partial charge on any atom is -0.409 e. The molecule has 0 aliphatic carbocycles. The molecule has 1 rings (SSSR count). The zero-order chi connectivity index (χ0) is 15.6. The topological polar surface area (TPSA) is 117 Å². The predicted octanol–water partition coefficient (Wildman–Crippen LogP) is 0.965. The third-order valence-electron chi connectivity index (χ3n) is 2.06. The van der Waals surface area contributed by atoms with Crippen molar-refractivity contribution >= 4 is 21.7 Å². The Balaban J connectivity index is 3.20. The van der Waals surface area contributed by atoms with Gasteiger partial charge >= 0.3 is 0 Å². The van der Waals surface area contributed by atoms with E-state index in [1.54, 1.807) is 20.8 Å². The molecule has 0 spiro atoms. The summed E-state index contributed by atoms with van der Waals surface area (Å²) >= 11 is 0. The summed E-state index contributed by atoms with van der Waals surface area (Å²) in [5, 5.41) is 11.3. The first-order valence-corrected chi connectivity index (χ1v) is 7.12. The van der Waals surface area contributed by atoms with E-state index in [2.05, 4.69) is 14.6 Å². The van der Waals surface area contributed by atoms with Crippen LogP contribution in [-0.2, 0) is 10.2 Å². The van der Waals surface area contributed by atoms with E-state index in [4.69, 9.17) is 10.9 Å². The Kier molecular flexibility index (Phi) is 4.56. The lowest BCUT2D eigenvalue weighted by Crippen LogP contribution is -2.43. The lowest BCUT2D eigenvalue weighted by Gasteiger charge is -2.21. The highest BCUT2D eigenvalue weighted by Crippen LogP contribution is 2.20. The van der Waals surface area contributed by atoms with Crippen LogP contribution in [0, 0.1) is 5.82 Å². The molecule has 0 atom stereocenters. The Morgan fingerprint density at radius 1 is 1.40 bits per heavy atom. The monoisotopic (exact) mass is 304 g/mol. The van der Waals surface area contributed by atoms with Gasteiger partial charge in [-0.2, -0.15) is 13.1 Å². The summed E-state index contributed by atoms with van der Waals surface area (Å²) in [6.45, 7) is 4.97. The number of hydrogen-bond donors (Lipinski definition) is 4. The zero-order valence-electron chi connectivity index (χ0n) is 11.3. The molecular formula is C11H17FN4O3S. The van der Waals surface area contributed by atoms with E-state index < -0.39 is 27.4 Å². The average molecular weight is 304 g/mol. The molecule has 1 aromatic carbocycles. The summed E-state index contributed by atoms with van der Waals surface area (Å²) in [5.41, 5.74) is 4.18. The molecule has 0 heterocycles. The number of amidine groups is 1. The molecule has 0 saturated carbocycles. The van der Waals surface area contributed by atoms with Gasteiger partial charge in [0.05, 0.1) is 11.3 Å². The highest BCUT2D eigenvalue weighted by Gasteiger charge is 2.22. The maximum atomic E-state index is 13.7. The molecule has 1 aromatic rings. The van der Waals surface area contributed by atoms with Gasteiger partial charge in [0, 0.05) is 5.54 Å². The molecule has 0 bridgehead atoms. The normalized spacial score (nSPS) is 13.3. The Hall–Kier alpha value is -1.87. The van der Waals surface area contributed by atoms with E-state index in [0.717, 1.165) is 6.07 Å². The molecule has 0 aromatic heterocycles. The lowest BCUT2D eigenvalue weighted by atomic mass is 10.1. The number of nitrogens with one attached hydrogen (secondary N) is 2. The van der Waals surface area contributed by atoms with Gasteiger partial charge in [-0.05, 0) is 32.9 Å². The number of nitrogens with two attached hydrogens (primary N) is 1. The standard InChI is InChI=1S/C11H17FN4O3S/c1-11(2,3)16-20(18,19)15-8-6-4-5-7(12)9(8)10(13)14-17/h4-6,15-17H,1-3H3,(H2,13,14). The maximum absolute atomic E-state index is 13.7. The van der Waals surface area contributed by atoms with Gasteiger partial charge < -0.3 is 10.9 Å². The molecule has 0 aliphatic heterocycles. The van der Waals surface area contributed by atoms with Gasteiger partial charge in [0.15, 0.2) is 5.84 Å². The van der Waals surface area contributed by atoms with Crippen molar-refractivity contribution in [1.82, 2.24) is 4.72 Å². The number of anilines is 1. The number of rotatable bonds is 4. The van der Waals surface area contributed by atoms with Crippen molar-refractivity contribution < 1.29 is 18.0 Å². The molecule has 0 aliphatic rings. The Morgan fingerprint density at radius 3 is 2.50 bits per heavy atom. The zero-order valence-corrected chi connectivity index (χ0v) is 12.1. The number of oxime groups is 1. The fraction of sp³-hybridized carbons (Fsp3) is 0.364. The van der Waals surface area contributed by atoms with E-state index >= 15 is 0 Å². The molecule has 112 valence electrons. The van der Waals surface area contributed by atoms with Crippen LogP contribution in [0.5, 0.6) is 0 Å². The first-order chi connectivity index (χ1) is 9.06. The van der Waals surface area contributed by atoms with Crippen LogP contribution in [0.3, 0.4) is 0 Å². The minimum absolute atomic E-state index is 0.128. The van der Waals surface area contributed by atoms with Crippen molar-refractivity contribution in [2.24, 2.45) is 10.9 Å². The fourth-order valence-electron chi connectivity index (χ4n) is 1.49. The van der Waals surface area contributed by atoms with Gasteiger partial charge in [0.1, 0.15) is 5.82 Å². The van der Waals surface area contributed by atoms with Crippen molar-refractivity contribution in [3.8, 4) is 0 Å². The molecule has 9 heteroatoms. The second-order valence-electron chi connectivity index (χ2n) is 5.11. The van der Waals surface area contributed by atoms with E-state index in [0.29, 0.717) is 0 Å². The Morgan fingerprint density at radius 2 is 2.00 bits per heavy atom. The number of halogens is 1. The van der Waals surface area contributed by atoms with E-state index in [-0.39, 0.29) is 11.3 Å². The summed E-state index contributed by atoms with van der Waals surface area (Å²) in [6, 6.07) is 3.68. The molecule has 5 N–H and O–H groups in total. The highest BCUT2D eigenvalue weighted by molar-refractivity contribution is 7.90. The van der Waals surface area contributed by atoms with Gasteiger partial charge in [-0.3, -0.25) is 4.72 Å². The van der Waals surface area contributed by atoms with Crippen molar-refractivity contribution in [2.45, 2.75) is 26.3 Å². The number of benzene rings is 1. The quantitative estimate of drug-likeness (QED) is 0.287. The lowest BCUT2D eigenvalue weighted by molar-refractivity contribution is 0.318. The summed E-state index contributed by atoms with van der Waals surface area (Å²) in [4.78, 5) is 0. The Labute approximate surface area is 116 Å². The Bertz CT molecular complexity index is 623. The second kappa shape index (κ2) is 5.63. The fourth-order valence-corrected chi connectivity index (χ4v) is 2.81. The van der Waals surface area contributed by atoms with Crippen LogP contribution in [0.4, 0.5) is 10.1 Å². The molecule has 0 unspecified atom stereocenters. The van der Waals surface area contributed by atoms with Crippen LogP contribution in [-0.4, -0.2) is 25.0 Å². The second-order valence-corrected chi connectivity index (χ2v) is 6.52. The summed E-state index contributed by atoms with van der Waals surface area (Å²) in [5.74, 6) is -1.34. The highest BCUT2D eigenvalue weighted by atomic mass is 32.2. The molecule has 7 nitrogen and oxygen atoms in total. The molecular weight excluding hydrogens is 287 g/mol. The summed E-state index contributed by atoms with van der Waals surface area (Å²) < 4.78 is 42.0. The first-order valence-electron chi connectivity index (χ1n) is 5.64. The number of nitrogens with zero attached hydrogens (tertiary/aromatic N) is 1. The smallest absolute Gasteiger partial charge is 0.299 e. The van der Waals surface area contributed by atoms with Gasteiger partial charge in [0.2, 0.25) is 0 Å². The average Bonchev–Trinajstić information content (AvgIpc) is 2.24. The van der Waals surface area contributed by atoms with Crippen molar-refractivity contribution in [1.29, 1.82) is 0 Å². The van der Waals surface area contributed by atoms with E-state index in [9.17, 15) is 12.8 Å². The van der Waals surface area contributed by atoms with Crippen LogP contribution in [0.25, 0.3) is 0 Å². The maximum Gasteiger partial charge on any atom is 0.299 e. The third-order valence-corrected chi connectivity index (χ3v) is 3.43. The molecule has 0 fully saturated rings. The molecule has 20 heavy (non-hydrogen) atoms. The van der Waals surface area contributed by atoms with Crippen LogP contribution in [0.1, 0.15) is 26.3 Å². The van der Waals surface area contributed by atoms with Crippen LogP contribution in [0.2, 0.25) is 0 Å². The van der Waals surface area contributed by atoms with E-state index in [1.807, 2.05) is 0 Å². The van der Waals surface area contributed by atoms with Crippen molar-refractivity contribution in [3.05, 3.63) is 29.6 Å². The van der Waals surface area contributed by atoms with Crippen LogP contribution >= 0.6 is 0 Å². The minimum atomic E-state index is -3.93. The predicted molar refractivity (Wildman–Crippen MR) is 74.3 cm³/mol. The van der Waals surface area contributed by atoms with Crippen LogP contribution in [0.15, 0.2) is 23.4 Å². The van der Waals surface area contributed by atoms with Crippen molar-refractivity contribution in [3.63, 3.8) is 0 Å². The first kappa shape index (κ1) is 16.2. The summed E-state index contributed by atoms with van der Waals surface area (Å²) in [6.07, 6.45) is 0. The molecule has 0 amide bonds. The summed E-state index contributed by atoms with van der Waals surface area (Å²) in [7, 11) is -3.93. The van der Waals surface area contributed by atoms with Gasteiger partial charge in [-0.15, -0.1) is 0 Å². The number of hydrogen-bond acceptors (Lipinski definition) is 4. The molecule has 0 radical (unpaired) electrons. The SMILES string of the molecule is CC(C)(C)NS(=O)(=O)Nc1cccc(F)c1/C(N)=N/O. The van der Waals surface area contributed by atoms with Gasteiger partial charge in [-0.25, -0.2) is 4.39 Å². The van der Waals surface area contributed by atoms with E-state index in [1.165, 1.54) is 12.1 Å².